The molecule has 6 heteroatoms. The quantitative estimate of drug-likeness (QED) is 0.638. The number of carbonyl (C=O) groups excluding carboxylic acids is 1. The average Bonchev–Trinajstić information content (AvgIpc) is 3.49. The van der Waals surface area contributed by atoms with E-state index in [1.807, 2.05) is 17.5 Å². The van der Waals surface area contributed by atoms with Crippen LogP contribution < -0.4 is 5.32 Å². The molecule has 3 aromatic rings. The van der Waals surface area contributed by atoms with Gasteiger partial charge in [0.05, 0.1) is 17.0 Å². The van der Waals surface area contributed by atoms with Crippen LogP contribution in [-0.2, 0) is 13.0 Å². The zero-order chi connectivity index (χ0) is 20.5. The second-order valence-electron chi connectivity index (χ2n) is 7.97. The lowest BCUT2D eigenvalue weighted by molar-refractivity contribution is 0.102. The minimum atomic E-state index is -0.163. The summed E-state index contributed by atoms with van der Waals surface area (Å²) in [4.78, 5) is 24.3. The zero-order valence-electron chi connectivity index (χ0n) is 17.0. The van der Waals surface area contributed by atoms with Crippen molar-refractivity contribution in [1.82, 2.24) is 9.88 Å². The van der Waals surface area contributed by atoms with Crippen LogP contribution in [0.5, 0.6) is 0 Å². The number of hydrogen-bond donors (Lipinski definition) is 1. The van der Waals surface area contributed by atoms with Crippen molar-refractivity contribution in [1.29, 1.82) is 0 Å². The summed E-state index contributed by atoms with van der Waals surface area (Å²) < 4.78 is 0. The van der Waals surface area contributed by atoms with Crippen molar-refractivity contribution in [2.24, 2.45) is 4.99 Å². The van der Waals surface area contributed by atoms with E-state index < -0.39 is 0 Å². The number of para-hydroxylation sites is 1. The normalized spacial score (nSPS) is 15.8. The van der Waals surface area contributed by atoms with E-state index in [9.17, 15) is 4.79 Å². The second-order valence-corrected chi connectivity index (χ2v) is 8.87. The Kier molecular flexibility index (Phi) is 5.19. The lowest BCUT2D eigenvalue weighted by Crippen LogP contribution is -2.18. The van der Waals surface area contributed by atoms with Gasteiger partial charge in [-0.05, 0) is 61.2 Å². The van der Waals surface area contributed by atoms with Crippen LogP contribution in [0.4, 0.5) is 10.8 Å². The molecule has 0 bridgehead atoms. The Morgan fingerprint density at radius 3 is 2.83 bits per heavy atom. The molecule has 5 rings (SSSR count). The third-order valence-electron chi connectivity index (χ3n) is 5.83. The number of aliphatic imine (C=N–C) groups is 1. The Bertz CT molecular complexity index is 1110. The molecule has 3 heterocycles. The fourth-order valence-corrected chi connectivity index (χ4v) is 4.88. The van der Waals surface area contributed by atoms with Gasteiger partial charge in [0.15, 0.2) is 5.13 Å². The number of thiazole rings is 1. The van der Waals surface area contributed by atoms with Gasteiger partial charge in [0.25, 0.3) is 5.91 Å². The van der Waals surface area contributed by atoms with Gasteiger partial charge in [-0.15, -0.1) is 11.3 Å². The number of fused-ring (bicyclic) bond motifs is 1. The molecular formula is C24H24N4OS. The first-order valence-electron chi connectivity index (χ1n) is 10.4. The minimum Gasteiger partial charge on any atom is -0.299 e. The molecule has 5 nitrogen and oxygen atoms in total. The number of nitrogens with one attached hydrogen (secondary N) is 1. The van der Waals surface area contributed by atoms with Crippen LogP contribution >= 0.6 is 11.3 Å². The van der Waals surface area contributed by atoms with E-state index in [2.05, 4.69) is 46.4 Å². The largest absolute Gasteiger partial charge is 0.299 e. The molecule has 0 atom stereocenters. The first-order chi connectivity index (χ1) is 14.7. The molecule has 152 valence electrons. The fourth-order valence-electron chi connectivity index (χ4n) is 4.36. The molecule has 0 aliphatic carbocycles. The molecule has 0 unspecified atom stereocenters. The summed E-state index contributed by atoms with van der Waals surface area (Å²) in [5.41, 5.74) is 7.28. The van der Waals surface area contributed by atoms with Crippen molar-refractivity contribution in [2.45, 2.75) is 32.7 Å². The van der Waals surface area contributed by atoms with Gasteiger partial charge < -0.3 is 0 Å². The van der Waals surface area contributed by atoms with E-state index in [0.29, 0.717) is 10.7 Å². The van der Waals surface area contributed by atoms with E-state index in [-0.39, 0.29) is 5.91 Å². The Balaban J connectivity index is 1.39. The summed E-state index contributed by atoms with van der Waals surface area (Å²) in [6.07, 6.45) is 5.05. The van der Waals surface area contributed by atoms with E-state index >= 15 is 0 Å². The van der Waals surface area contributed by atoms with Gasteiger partial charge in [-0.1, -0.05) is 30.3 Å². The third-order valence-corrected chi connectivity index (χ3v) is 6.52. The Hall–Kier alpha value is -2.83. The third kappa shape index (κ3) is 3.80. The van der Waals surface area contributed by atoms with Crippen LogP contribution in [0.15, 0.2) is 53.0 Å². The zero-order valence-corrected chi connectivity index (χ0v) is 17.8. The monoisotopic (exact) mass is 416 g/mol. The van der Waals surface area contributed by atoms with Crippen molar-refractivity contribution in [3.63, 3.8) is 0 Å². The Morgan fingerprint density at radius 2 is 2.07 bits per heavy atom. The average molecular weight is 417 g/mol. The summed E-state index contributed by atoms with van der Waals surface area (Å²) in [7, 11) is 0. The number of amides is 1. The van der Waals surface area contributed by atoms with Crippen molar-refractivity contribution < 1.29 is 4.79 Å². The molecule has 1 N–H and O–H groups in total. The standard InChI is InChI=1S/C24H24N4OS/c1-16-13-17(15-28-10-2-3-11-28)7-8-19(16)21-14-18-5-4-6-20(22(18)26-21)23(29)27-24-25-9-12-30-24/h4-9,12-13H,2-3,10-11,14-15H2,1H3,(H,25,27,29). The highest BCUT2D eigenvalue weighted by atomic mass is 32.1. The number of hydrogen-bond acceptors (Lipinski definition) is 5. The maximum atomic E-state index is 12.8. The van der Waals surface area contributed by atoms with Gasteiger partial charge in [0.2, 0.25) is 0 Å². The highest BCUT2D eigenvalue weighted by Gasteiger charge is 2.23. The molecule has 30 heavy (non-hydrogen) atoms. The minimum absolute atomic E-state index is 0.163. The molecule has 0 radical (unpaired) electrons. The maximum Gasteiger partial charge on any atom is 0.259 e. The van der Waals surface area contributed by atoms with Gasteiger partial charge in [0, 0.05) is 24.5 Å². The molecule has 0 spiro atoms. The van der Waals surface area contributed by atoms with Gasteiger partial charge in [-0.25, -0.2) is 4.98 Å². The van der Waals surface area contributed by atoms with Gasteiger partial charge in [-0.2, -0.15) is 0 Å². The number of rotatable bonds is 5. The van der Waals surface area contributed by atoms with E-state index in [1.54, 1.807) is 6.20 Å². The lowest BCUT2D eigenvalue weighted by Gasteiger charge is -2.16. The van der Waals surface area contributed by atoms with Crippen molar-refractivity contribution in [2.75, 3.05) is 18.4 Å². The van der Waals surface area contributed by atoms with Crippen LogP contribution in [0.3, 0.4) is 0 Å². The number of benzene rings is 2. The number of aryl methyl sites for hydroxylation is 1. The van der Waals surface area contributed by atoms with Crippen LogP contribution in [0.2, 0.25) is 0 Å². The Labute approximate surface area is 180 Å². The van der Waals surface area contributed by atoms with Crippen LogP contribution in [-0.4, -0.2) is 34.6 Å². The topological polar surface area (TPSA) is 57.6 Å². The first-order valence-corrected chi connectivity index (χ1v) is 11.3. The van der Waals surface area contributed by atoms with E-state index in [1.165, 1.54) is 54.0 Å². The molecule has 1 fully saturated rings. The van der Waals surface area contributed by atoms with Crippen LogP contribution in [0, 0.1) is 6.92 Å². The molecule has 1 amide bonds. The molecule has 1 aromatic heterocycles. The molecule has 2 aromatic carbocycles. The molecule has 2 aliphatic heterocycles. The van der Waals surface area contributed by atoms with Gasteiger partial charge in [0.1, 0.15) is 0 Å². The number of carbonyl (C=O) groups is 1. The van der Waals surface area contributed by atoms with Crippen LogP contribution in [0.25, 0.3) is 0 Å². The van der Waals surface area contributed by atoms with Crippen molar-refractivity contribution >= 4 is 33.8 Å². The van der Waals surface area contributed by atoms with Crippen LogP contribution in [0.1, 0.15) is 45.5 Å². The lowest BCUT2D eigenvalue weighted by atomic mass is 9.97. The van der Waals surface area contributed by atoms with Gasteiger partial charge >= 0.3 is 0 Å². The summed E-state index contributed by atoms with van der Waals surface area (Å²) in [5.74, 6) is -0.163. The molecule has 2 aliphatic rings. The molecule has 0 saturated carbocycles. The highest BCUT2D eigenvalue weighted by molar-refractivity contribution is 7.13. The van der Waals surface area contributed by atoms with Crippen molar-refractivity contribution in [3.05, 3.63) is 75.8 Å². The smallest absolute Gasteiger partial charge is 0.259 e. The van der Waals surface area contributed by atoms with Crippen molar-refractivity contribution in [3.8, 4) is 0 Å². The fraction of sp³-hybridized carbons (Fsp3) is 0.292. The number of aromatic nitrogens is 1. The number of likely N-dealkylation sites (tertiary alicyclic amines) is 1. The second kappa shape index (κ2) is 8.13. The molecule has 1 saturated heterocycles. The SMILES string of the molecule is Cc1cc(CN2CCCC2)ccc1C1=Nc2c(cccc2C(=O)Nc2nccs2)C1. The summed E-state index contributed by atoms with van der Waals surface area (Å²) >= 11 is 1.41. The summed E-state index contributed by atoms with van der Waals surface area (Å²) in [6.45, 7) is 5.59. The van der Waals surface area contributed by atoms with E-state index in [0.717, 1.165) is 29.9 Å². The highest BCUT2D eigenvalue weighted by Crippen LogP contribution is 2.34. The predicted octanol–water partition coefficient (Wildman–Crippen LogP) is 4.98. The summed E-state index contributed by atoms with van der Waals surface area (Å²) in [5, 5.41) is 5.32. The number of nitrogens with zero attached hydrogens (tertiary/aromatic N) is 3. The Morgan fingerprint density at radius 1 is 1.20 bits per heavy atom. The molecular weight excluding hydrogens is 392 g/mol. The predicted molar refractivity (Wildman–Crippen MR) is 122 cm³/mol. The van der Waals surface area contributed by atoms with E-state index in [4.69, 9.17) is 4.99 Å². The number of anilines is 1. The first kappa shape index (κ1) is 19.2. The summed E-state index contributed by atoms with van der Waals surface area (Å²) in [6, 6.07) is 12.5. The maximum absolute atomic E-state index is 12.8. The van der Waals surface area contributed by atoms with Gasteiger partial charge in [-0.3, -0.25) is 20.0 Å².